The smallest absolute Gasteiger partial charge is 0.354 e. The molecule has 0 amide bonds. The van der Waals surface area contributed by atoms with Gasteiger partial charge in [-0.05, 0) is 49.2 Å². The normalized spacial score (nSPS) is 10.9. The lowest BCUT2D eigenvalue weighted by Crippen LogP contribution is -2.06. The number of carbonyl (C=O) groups is 1. The Bertz CT molecular complexity index is 851. The summed E-state index contributed by atoms with van der Waals surface area (Å²) in [5.41, 5.74) is 3.48. The quantitative estimate of drug-likeness (QED) is 0.785. The summed E-state index contributed by atoms with van der Waals surface area (Å²) >= 11 is 0. The zero-order valence-corrected chi connectivity index (χ0v) is 13.1. The van der Waals surface area contributed by atoms with Crippen LogP contribution in [0.1, 0.15) is 34.2 Å². The topological polar surface area (TPSA) is 63.8 Å². The lowest BCUT2D eigenvalue weighted by Gasteiger charge is -2.04. The average Bonchev–Trinajstić information content (AvgIpc) is 2.86. The molecule has 0 radical (unpaired) electrons. The number of hydrogen-bond acceptors (Lipinski definition) is 3. The Labute approximate surface area is 134 Å². The van der Waals surface area contributed by atoms with Gasteiger partial charge in [0, 0.05) is 12.6 Å². The standard InChI is InChI=1S/C18H18N2O3/c1-3-23-14-6-4-13(5-7-14)11-15-17(18(21)22)20-9-8-12(2)10-16(20)19-15/h4-10H,3,11H2,1-2H3,(H,21,22). The molecule has 0 aliphatic rings. The van der Waals surface area contributed by atoms with Crippen molar-refractivity contribution < 1.29 is 14.6 Å². The highest BCUT2D eigenvalue weighted by Gasteiger charge is 2.18. The molecular formula is C18H18N2O3. The Morgan fingerprint density at radius 1 is 1.26 bits per heavy atom. The van der Waals surface area contributed by atoms with Crippen molar-refractivity contribution in [1.29, 1.82) is 0 Å². The number of aromatic nitrogens is 2. The molecule has 3 aromatic rings. The maximum absolute atomic E-state index is 11.6. The molecule has 2 aromatic heterocycles. The van der Waals surface area contributed by atoms with Gasteiger partial charge in [-0.3, -0.25) is 4.40 Å². The fourth-order valence-electron chi connectivity index (χ4n) is 2.61. The van der Waals surface area contributed by atoms with Gasteiger partial charge in [-0.15, -0.1) is 0 Å². The largest absolute Gasteiger partial charge is 0.494 e. The lowest BCUT2D eigenvalue weighted by atomic mass is 10.1. The van der Waals surface area contributed by atoms with E-state index in [1.807, 2.05) is 50.2 Å². The summed E-state index contributed by atoms with van der Waals surface area (Å²) in [7, 11) is 0. The number of ether oxygens (including phenoxy) is 1. The van der Waals surface area contributed by atoms with Crippen molar-refractivity contribution in [3.05, 3.63) is 65.1 Å². The highest BCUT2D eigenvalue weighted by atomic mass is 16.5. The summed E-state index contributed by atoms with van der Waals surface area (Å²) in [4.78, 5) is 16.1. The molecule has 3 rings (SSSR count). The zero-order chi connectivity index (χ0) is 16.4. The third-order valence-electron chi connectivity index (χ3n) is 3.66. The van der Waals surface area contributed by atoms with Gasteiger partial charge < -0.3 is 9.84 Å². The molecule has 0 saturated heterocycles. The average molecular weight is 310 g/mol. The molecule has 0 spiro atoms. The van der Waals surface area contributed by atoms with Crippen molar-refractivity contribution in [3.8, 4) is 5.75 Å². The number of fused-ring (bicyclic) bond motifs is 1. The minimum absolute atomic E-state index is 0.217. The maximum Gasteiger partial charge on any atom is 0.354 e. The van der Waals surface area contributed by atoms with Crippen LogP contribution in [0.3, 0.4) is 0 Å². The van der Waals surface area contributed by atoms with Crippen molar-refractivity contribution in [1.82, 2.24) is 9.38 Å². The van der Waals surface area contributed by atoms with Gasteiger partial charge in [-0.2, -0.15) is 0 Å². The van der Waals surface area contributed by atoms with E-state index < -0.39 is 5.97 Å². The first kappa shape index (κ1) is 15.1. The van der Waals surface area contributed by atoms with Crippen molar-refractivity contribution >= 4 is 11.6 Å². The molecule has 0 aliphatic carbocycles. The van der Waals surface area contributed by atoms with E-state index >= 15 is 0 Å². The highest BCUT2D eigenvalue weighted by Crippen LogP contribution is 2.19. The Kier molecular flexibility index (Phi) is 4.02. The van der Waals surface area contributed by atoms with Crippen molar-refractivity contribution in [3.63, 3.8) is 0 Å². The van der Waals surface area contributed by atoms with Crippen LogP contribution in [0.4, 0.5) is 0 Å². The van der Waals surface area contributed by atoms with Gasteiger partial charge in [0.2, 0.25) is 0 Å². The predicted molar refractivity (Wildman–Crippen MR) is 87.3 cm³/mol. The molecule has 5 heteroatoms. The van der Waals surface area contributed by atoms with Crippen LogP contribution in [0.5, 0.6) is 5.75 Å². The number of hydrogen-bond donors (Lipinski definition) is 1. The van der Waals surface area contributed by atoms with Gasteiger partial charge in [0.05, 0.1) is 12.3 Å². The molecule has 0 saturated carbocycles. The molecule has 2 heterocycles. The monoisotopic (exact) mass is 310 g/mol. The van der Waals surface area contributed by atoms with E-state index in [-0.39, 0.29) is 5.69 Å². The van der Waals surface area contributed by atoms with Crippen LogP contribution >= 0.6 is 0 Å². The molecular weight excluding hydrogens is 292 g/mol. The molecule has 1 aromatic carbocycles. The Balaban J connectivity index is 1.98. The minimum Gasteiger partial charge on any atom is -0.494 e. The van der Waals surface area contributed by atoms with Crippen LogP contribution in [0.15, 0.2) is 42.6 Å². The number of aryl methyl sites for hydroxylation is 1. The second-order valence-corrected chi connectivity index (χ2v) is 5.40. The molecule has 0 unspecified atom stereocenters. The number of imidazole rings is 1. The van der Waals surface area contributed by atoms with Gasteiger partial charge in [0.15, 0.2) is 5.69 Å². The number of rotatable bonds is 5. The minimum atomic E-state index is -0.970. The SMILES string of the molecule is CCOc1ccc(Cc2nc3cc(C)ccn3c2C(=O)O)cc1. The van der Waals surface area contributed by atoms with E-state index in [9.17, 15) is 9.90 Å². The molecule has 0 atom stereocenters. The summed E-state index contributed by atoms with van der Waals surface area (Å²) in [5, 5.41) is 9.53. The second kappa shape index (κ2) is 6.12. The molecule has 23 heavy (non-hydrogen) atoms. The summed E-state index contributed by atoms with van der Waals surface area (Å²) in [6.07, 6.45) is 2.22. The Morgan fingerprint density at radius 2 is 2.00 bits per heavy atom. The number of benzene rings is 1. The first-order chi connectivity index (χ1) is 11.1. The summed E-state index contributed by atoms with van der Waals surface area (Å²) < 4.78 is 7.04. The van der Waals surface area contributed by atoms with Crippen LogP contribution in [0.2, 0.25) is 0 Å². The lowest BCUT2D eigenvalue weighted by molar-refractivity contribution is 0.0688. The van der Waals surface area contributed by atoms with E-state index in [1.54, 1.807) is 10.6 Å². The molecule has 118 valence electrons. The Morgan fingerprint density at radius 3 is 2.65 bits per heavy atom. The summed E-state index contributed by atoms with van der Waals surface area (Å²) in [5.74, 6) is -0.164. The second-order valence-electron chi connectivity index (χ2n) is 5.40. The number of nitrogens with zero attached hydrogens (tertiary/aromatic N) is 2. The molecule has 0 bridgehead atoms. The van der Waals surface area contributed by atoms with Crippen LogP contribution in [-0.2, 0) is 6.42 Å². The van der Waals surface area contributed by atoms with Gasteiger partial charge in [0.25, 0.3) is 0 Å². The maximum atomic E-state index is 11.6. The van der Waals surface area contributed by atoms with Crippen molar-refractivity contribution in [2.24, 2.45) is 0 Å². The van der Waals surface area contributed by atoms with E-state index in [0.29, 0.717) is 24.4 Å². The van der Waals surface area contributed by atoms with Crippen LogP contribution in [0, 0.1) is 6.92 Å². The first-order valence-electron chi connectivity index (χ1n) is 7.51. The van der Waals surface area contributed by atoms with E-state index in [0.717, 1.165) is 16.9 Å². The summed E-state index contributed by atoms with van der Waals surface area (Å²) in [6, 6.07) is 11.4. The highest BCUT2D eigenvalue weighted by molar-refractivity contribution is 5.88. The van der Waals surface area contributed by atoms with E-state index in [1.165, 1.54) is 0 Å². The fraction of sp³-hybridized carbons (Fsp3) is 0.222. The fourth-order valence-corrected chi connectivity index (χ4v) is 2.61. The summed E-state index contributed by atoms with van der Waals surface area (Å²) in [6.45, 7) is 4.52. The van der Waals surface area contributed by atoms with Crippen LogP contribution < -0.4 is 4.74 Å². The van der Waals surface area contributed by atoms with Crippen LogP contribution in [-0.4, -0.2) is 27.1 Å². The molecule has 0 aliphatic heterocycles. The van der Waals surface area contributed by atoms with Crippen molar-refractivity contribution in [2.45, 2.75) is 20.3 Å². The number of carboxylic acid groups (broad SMARTS) is 1. The molecule has 5 nitrogen and oxygen atoms in total. The van der Waals surface area contributed by atoms with Crippen LogP contribution in [0.25, 0.3) is 5.65 Å². The van der Waals surface area contributed by atoms with Crippen molar-refractivity contribution in [2.75, 3.05) is 6.61 Å². The molecule has 0 fully saturated rings. The number of aromatic carboxylic acids is 1. The number of carboxylic acids is 1. The van der Waals surface area contributed by atoms with Gasteiger partial charge >= 0.3 is 5.97 Å². The van der Waals surface area contributed by atoms with Gasteiger partial charge in [-0.1, -0.05) is 12.1 Å². The third kappa shape index (κ3) is 3.04. The van der Waals surface area contributed by atoms with Gasteiger partial charge in [-0.25, -0.2) is 9.78 Å². The predicted octanol–water partition coefficient (Wildman–Crippen LogP) is 3.33. The first-order valence-corrected chi connectivity index (χ1v) is 7.51. The van der Waals surface area contributed by atoms with Gasteiger partial charge in [0.1, 0.15) is 11.4 Å². The zero-order valence-electron chi connectivity index (χ0n) is 13.1. The van der Waals surface area contributed by atoms with E-state index in [2.05, 4.69) is 4.98 Å². The third-order valence-corrected chi connectivity index (χ3v) is 3.66. The number of pyridine rings is 1. The molecule has 1 N–H and O–H groups in total. The Hall–Kier alpha value is -2.82. The van der Waals surface area contributed by atoms with E-state index in [4.69, 9.17) is 4.74 Å².